The average Bonchev–Trinajstić information content (AvgIpc) is 2.56. The highest BCUT2D eigenvalue weighted by atomic mass is 19.1. The number of nitrogens with zero attached hydrogens (tertiary/aromatic N) is 2. The molecule has 122 valence electrons. The number of nitro benzene ring substituents is 1. The van der Waals surface area contributed by atoms with E-state index < -0.39 is 10.7 Å². The third-order valence-electron chi connectivity index (χ3n) is 3.56. The number of hydrogen-bond donors (Lipinski definition) is 0. The van der Waals surface area contributed by atoms with Crippen LogP contribution in [-0.2, 0) is 0 Å². The van der Waals surface area contributed by atoms with E-state index in [1.54, 1.807) is 19.2 Å². The second-order valence-corrected chi connectivity index (χ2v) is 5.12. The van der Waals surface area contributed by atoms with Gasteiger partial charge in [0, 0.05) is 23.7 Å². The topological polar surface area (TPSA) is 74.5 Å². The van der Waals surface area contributed by atoms with E-state index in [0.717, 1.165) is 11.6 Å². The van der Waals surface area contributed by atoms with Crippen molar-refractivity contribution in [2.45, 2.75) is 6.92 Å². The van der Waals surface area contributed by atoms with Crippen molar-refractivity contribution in [3.8, 4) is 17.2 Å². The maximum atomic E-state index is 14.0. The van der Waals surface area contributed by atoms with Gasteiger partial charge < -0.3 is 9.47 Å². The molecule has 24 heavy (non-hydrogen) atoms. The molecule has 0 N–H and O–H groups in total. The Morgan fingerprint density at radius 3 is 2.58 bits per heavy atom. The molecule has 0 atom stereocenters. The molecule has 0 fully saturated rings. The second-order valence-electron chi connectivity index (χ2n) is 5.12. The quantitative estimate of drug-likeness (QED) is 0.524. The summed E-state index contributed by atoms with van der Waals surface area (Å²) < 4.78 is 24.9. The molecule has 7 heteroatoms. The van der Waals surface area contributed by atoms with Crippen molar-refractivity contribution in [1.82, 2.24) is 4.98 Å². The molecule has 3 aromatic rings. The fraction of sp³-hybridized carbons (Fsp3) is 0.118. The van der Waals surface area contributed by atoms with Gasteiger partial charge in [0.15, 0.2) is 11.6 Å². The van der Waals surface area contributed by atoms with E-state index in [1.807, 2.05) is 13.0 Å². The third kappa shape index (κ3) is 2.83. The molecule has 0 radical (unpaired) electrons. The minimum atomic E-state index is -0.806. The molecule has 0 spiro atoms. The Balaban J connectivity index is 2.04. The molecule has 0 aliphatic rings. The van der Waals surface area contributed by atoms with Crippen LogP contribution in [0.5, 0.6) is 17.2 Å². The highest BCUT2D eigenvalue weighted by molar-refractivity contribution is 5.87. The number of benzene rings is 2. The summed E-state index contributed by atoms with van der Waals surface area (Å²) in [4.78, 5) is 14.3. The number of fused-ring (bicyclic) bond motifs is 1. The monoisotopic (exact) mass is 328 g/mol. The zero-order valence-corrected chi connectivity index (χ0v) is 12.9. The highest BCUT2D eigenvalue weighted by Crippen LogP contribution is 2.34. The van der Waals surface area contributed by atoms with Crippen molar-refractivity contribution < 1.29 is 18.8 Å². The fourth-order valence-corrected chi connectivity index (χ4v) is 2.37. The van der Waals surface area contributed by atoms with Gasteiger partial charge in [0.05, 0.1) is 23.6 Å². The van der Waals surface area contributed by atoms with Crippen molar-refractivity contribution >= 4 is 16.6 Å². The Morgan fingerprint density at radius 2 is 1.92 bits per heavy atom. The maximum absolute atomic E-state index is 14.0. The number of halogens is 1. The Bertz CT molecular complexity index is 943. The van der Waals surface area contributed by atoms with Crippen molar-refractivity contribution in [3.05, 3.63) is 64.1 Å². The maximum Gasteiger partial charge on any atom is 0.272 e. The average molecular weight is 328 g/mol. The van der Waals surface area contributed by atoms with E-state index in [-0.39, 0.29) is 11.4 Å². The number of rotatable bonds is 4. The predicted octanol–water partition coefficient (Wildman–Crippen LogP) is 4.39. The lowest BCUT2D eigenvalue weighted by Crippen LogP contribution is -1.94. The van der Waals surface area contributed by atoms with Gasteiger partial charge >= 0.3 is 0 Å². The van der Waals surface area contributed by atoms with Gasteiger partial charge in [-0.25, -0.2) is 4.39 Å². The van der Waals surface area contributed by atoms with Crippen LogP contribution < -0.4 is 9.47 Å². The Hall–Kier alpha value is -3.22. The molecule has 0 bridgehead atoms. The lowest BCUT2D eigenvalue weighted by molar-refractivity contribution is -0.385. The summed E-state index contributed by atoms with van der Waals surface area (Å²) in [5, 5.41) is 11.4. The van der Waals surface area contributed by atoms with Gasteiger partial charge in [-0.3, -0.25) is 15.1 Å². The number of ether oxygens (including phenoxy) is 2. The number of hydrogen-bond acceptors (Lipinski definition) is 5. The number of non-ortho nitro benzene ring substituents is 1. The van der Waals surface area contributed by atoms with Crippen molar-refractivity contribution in [2.75, 3.05) is 7.11 Å². The van der Waals surface area contributed by atoms with Crippen molar-refractivity contribution in [2.24, 2.45) is 0 Å². The molecule has 0 aliphatic carbocycles. The molecular weight excluding hydrogens is 315 g/mol. The van der Waals surface area contributed by atoms with Crippen LogP contribution in [0.3, 0.4) is 0 Å². The summed E-state index contributed by atoms with van der Waals surface area (Å²) in [5.41, 5.74) is 1.18. The van der Waals surface area contributed by atoms with Crippen molar-refractivity contribution in [3.63, 3.8) is 0 Å². The van der Waals surface area contributed by atoms with Gasteiger partial charge in [0.25, 0.3) is 5.69 Å². The molecule has 6 nitrogen and oxygen atoms in total. The number of pyridine rings is 1. The van der Waals surface area contributed by atoms with E-state index in [9.17, 15) is 14.5 Å². The molecule has 1 heterocycles. The molecule has 0 unspecified atom stereocenters. The van der Waals surface area contributed by atoms with Gasteiger partial charge in [-0.1, -0.05) is 0 Å². The molecule has 0 aliphatic heterocycles. The van der Waals surface area contributed by atoms with Crippen molar-refractivity contribution in [1.29, 1.82) is 0 Å². The molecule has 0 saturated carbocycles. The minimum absolute atomic E-state index is 0.0958. The standard InChI is InChI=1S/C17H13FN2O4/c1-10-7-12-14(9-17(10)23-2)19-6-5-15(12)24-16-4-3-11(20(21)22)8-13(16)18/h3-9H,1-2H3. The van der Waals surface area contributed by atoms with E-state index >= 15 is 0 Å². The van der Waals surface area contributed by atoms with Gasteiger partial charge in [-0.15, -0.1) is 0 Å². The predicted molar refractivity (Wildman–Crippen MR) is 86.2 cm³/mol. The van der Waals surface area contributed by atoms with Crippen LogP contribution in [0.4, 0.5) is 10.1 Å². The summed E-state index contributed by atoms with van der Waals surface area (Å²) in [7, 11) is 1.57. The zero-order valence-electron chi connectivity index (χ0n) is 12.9. The molecule has 3 rings (SSSR count). The lowest BCUT2D eigenvalue weighted by atomic mass is 10.1. The Kier molecular flexibility index (Phi) is 3.99. The van der Waals surface area contributed by atoms with Gasteiger partial charge in [-0.05, 0) is 30.7 Å². The highest BCUT2D eigenvalue weighted by Gasteiger charge is 2.14. The molecule has 1 aromatic heterocycles. The summed E-state index contributed by atoms with van der Waals surface area (Å²) in [6.07, 6.45) is 1.54. The van der Waals surface area contributed by atoms with E-state index in [4.69, 9.17) is 9.47 Å². The number of aryl methyl sites for hydroxylation is 1. The summed E-state index contributed by atoms with van der Waals surface area (Å²) in [6, 6.07) is 8.46. The van der Waals surface area contributed by atoms with E-state index in [2.05, 4.69) is 4.98 Å². The van der Waals surface area contributed by atoms with E-state index in [0.29, 0.717) is 22.4 Å². The van der Waals surface area contributed by atoms with E-state index in [1.165, 1.54) is 18.3 Å². The lowest BCUT2D eigenvalue weighted by Gasteiger charge is -2.11. The van der Waals surface area contributed by atoms with Crippen LogP contribution >= 0.6 is 0 Å². The first-order valence-electron chi connectivity index (χ1n) is 7.04. The smallest absolute Gasteiger partial charge is 0.272 e. The molecule has 0 saturated heterocycles. The second kappa shape index (κ2) is 6.11. The fourth-order valence-electron chi connectivity index (χ4n) is 2.37. The summed E-state index contributed by atoms with van der Waals surface area (Å²) >= 11 is 0. The molecule has 2 aromatic carbocycles. The first kappa shape index (κ1) is 15.7. The van der Waals surface area contributed by atoms with Gasteiger partial charge in [-0.2, -0.15) is 0 Å². The number of methoxy groups -OCH3 is 1. The molecular formula is C17H13FN2O4. The normalized spacial score (nSPS) is 10.6. The minimum Gasteiger partial charge on any atom is -0.496 e. The zero-order chi connectivity index (χ0) is 17.3. The number of nitro groups is 1. The first-order valence-corrected chi connectivity index (χ1v) is 7.04. The van der Waals surface area contributed by atoms with Crippen LogP contribution in [0.2, 0.25) is 0 Å². The SMILES string of the molecule is COc1cc2nccc(Oc3ccc([N+](=O)[O-])cc3F)c2cc1C. The van der Waals surface area contributed by atoms with Gasteiger partial charge in [0.1, 0.15) is 11.5 Å². The molecule has 0 amide bonds. The Labute approximate surface area is 136 Å². The summed E-state index contributed by atoms with van der Waals surface area (Å²) in [6.45, 7) is 1.88. The van der Waals surface area contributed by atoms with Crippen LogP contribution in [0.15, 0.2) is 42.6 Å². The van der Waals surface area contributed by atoms with Crippen LogP contribution in [0, 0.1) is 22.9 Å². The van der Waals surface area contributed by atoms with Gasteiger partial charge in [0.2, 0.25) is 0 Å². The summed E-state index contributed by atoms with van der Waals surface area (Å²) in [5.74, 6) is 0.188. The third-order valence-corrected chi connectivity index (χ3v) is 3.56. The van der Waals surface area contributed by atoms with Crippen LogP contribution in [0.1, 0.15) is 5.56 Å². The first-order chi connectivity index (χ1) is 11.5. The largest absolute Gasteiger partial charge is 0.496 e. The number of aromatic nitrogens is 1. The Morgan fingerprint density at radius 1 is 1.12 bits per heavy atom. The van der Waals surface area contributed by atoms with Crippen LogP contribution in [-0.4, -0.2) is 17.0 Å². The van der Waals surface area contributed by atoms with Crippen LogP contribution in [0.25, 0.3) is 10.9 Å².